The summed E-state index contributed by atoms with van der Waals surface area (Å²) in [5.41, 5.74) is 6.73. The molecule has 0 N–H and O–H groups in total. The van der Waals surface area contributed by atoms with E-state index in [9.17, 15) is 9.59 Å². The smallest absolute Gasteiger partial charge is 0.238 e. The number of benzene rings is 3. The van der Waals surface area contributed by atoms with E-state index in [0.29, 0.717) is 18.2 Å². The summed E-state index contributed by atoms with van der Waals surface area (Å²) in [6.07, 6.45) is 0. The van der Waals surface area contributed by atoms with Gasteiger partial charge >= 0.3 is 0 Å². The first-order valence-corrected chi connectivity index (χ1v) is 11.8. The quantitative estimate of drug-likeness (QED) is 0.499. The van der Waals surface area contributed by atoms with Crippen LogP contribution in [-0.4, -0.2) is 18.4 Å². The van der Waals surface area contributed by atoms with Crippen molar-refractivity contribution in [2.24, 2.45) is 11.8 Å². The molecule has 1 saturated heterocycles. The average molecular weight is 438 g/mol. The molecule has 3 aliphatic carbocycles. The van der Waals surface area contributed by atoms with E-state index in [-0.39, 0.29) is 35.5 Å². The lowest BCUT2D eigenvalue weighted by molar-refractivity contribution is -0.122. The Bertz CT molecular complexity index is 1280. The second-order valence-corrected chi connectivity index (χ2v) is 9.62. The molecule has 0 saturated carbocycles. The Morgan fingerprint density at radius 1 is 0.788 bits per heavy atom. The number of carbonyl (C=O) groups is 2. The first-order valence-electron chi connectivity index (χ1n) is 11.8. The number of hydrogen-bond donors (Lipinski definition) is 0. The molecule has 0 aromatic heterocycles. The molecule has 7 rings (SSSR count). The van der Waals surface area contributed by atoms with Crippen molar-refractivity contribution in [3.8, 4) is 5.75 Å². The summed E-state index contributed by atoms with van der Waals surface area (Å²) in [5, 5.41) is 0. The van der Waals surface area contributed by atoms with Crippen LogP contribution in [0.3, 0.4) is 0 Å². The number of anilines is 1. The summed E-state index contributed by atoms with van der Waals surface area (Å²) in [7, 11) is 0. The summed E-state index contributed by atoms with van der Waals surface area (Å²) in [6, 6.07) is 22.3. The fourth-order valence-electron chi connectivity index (χ4n) is 6.22. The van der Waals surface area contributed by atoms with Gasteiger partial charge in [-0.05, 0) is 64.9 Å². The Balaban J connectivity index is 1.49. The third kappa shape index (κ3) is 2.76. The van der Waals surface area contributed by atoms with Crippen molar-refractivity contribution in [3.05, 3.63) is 94.5 Å². The molecule has 1 heterocycles. The lowest BCUT2D eigenvalue weighted by atomic mass is 9.54. The van der Waals surface area contributed by atoms with Crippen molar-refractivity contribution < 1.29 is 14.3 Å². The maximum absolute atomic E-state index is 13.9. The molecule has 33 heavy (non-hydrogen) atoms. The topological polar surface area (TPSA) is 46.6 Å². The number of carbonyl (C=O) groups excluding carboxylic acids is 2. The Morgan fingerprint density at radius 3 is 1.94 bits per heavy atom. The summed E-state index contributed by atoms with van der Waals surface area (Å²) in [6.45, 7) is 6.89. The van der Waals surface area contributed by atoms with Crippen molar-refractivity contribution >= 4 is 17.5 Å². The molecule has 4 nitrogen and oxygen atoms in total. The van der Waals surface area contributed by atoms with Gasteiger partial charge in [0.25, 0.3) is 0 Å². The highest BCUT2D eigenvalue weighted by Crippen LogP contribution is 2.61. The first kappa shape index (κ1) is 20.2. The number of ether oxygens (including phenoxy) is 1. The summed E-state index contributed by atoms with van der Waals surface area (Å²) in [5.74, 6) is 0.0734. The van der Waals surface area contributed by atoms with E-state index in [2.05, 4.69) is 44.2 Å². The summed E-state index contributed by atoms with van der Waals surface area (Å²) >= 11 is 0. The summed E-state index contributed by atoms with van der Waals surface area (Å²) in [4.78, 5) is 29.1. The molecule has 2 bridgehead atoms. The van der Waals surface area contributed by atoms with Gasteiger partial charge in [-0.15, -0.1) is 0 Å². The minimum absolute atomic E-state index is 0.0840. The van der Waals surface area contributed by atoms with E-state index in [1.54, 1.807) is 0 Å². The van der Waals surface area contributed by atoms with E-state index in [1.807, 2.05) is 43.3 Å². The molecule has 166 valence electrons. The van der Waals surface area contributed by atoms with Crippen LogP contribution in [0.4, 0.5) is 5.69 Å². The van der Waals surface area contributed by atoms with Gasteiger partial charge in [-0.25, -0.2) is 4.90 Å². The third-order valence-corrected chi connectivity index (χ3v) is 7.64. The molecule has 4 heteroatoms. The SMILES string of the molecule is CCOc1ccc(N2C(=O)[C@H]3[C@@H]4c5ccccc5[C@H](c5cc(C(C)C)ccc54)[C@@H]3C2=O)cc1. The number of rotatable bonds is 4. The minimum Gasteiger partial charge on any atom is -0.494 e. The average Bonchev–Trinajstić information content (AvgIpc) is 3.10. The van der Waals surface area contributed by atoms with Gasteiger partial charge in [0.1, 0.15) is 5.75 Å². The monoisotopic (exact) mass is 437 g/mol. The van der Waals surface area contributed by atoms with Crippen molar-refractivity contribution in [1.29, 1.82) is 0 Å². The van der Waals surface area contributed by atoms with E-state index < -0.39 is 0 Å². The van der Waals surface area contributed by atoms with Crippen LogP contribution in [0.2, 0.25) is 0 Å². The molecule has 1 aliphatic heterocycles. The van der Waals surface area contributed by atoms with Crippen LogP contribution in [0.15, 0.2) is 66.7 Å². The van der Waals surface area contributed by atoms with Gasteiger partial charge in [-0.1, -0.05) is 56.3 Å². The van der Waals surface area contributed by atoms with E-state index in [4.69, 9.17) is 4.74 Å². The van der Waals surface area contributed by atoms with Crippen molar-refractivity contribution in [1.82, 2.24) is 0 Å². The minimum atomic E-state index is -0.362. The standard InChI is InChI=1S/C29H27NO3/c1-4-33-19-12-10-18(11-13-19)30-28(31)26-24-20-7-5-6-8-21(20)25(27(26)29(30)32)23-15-17(16(2)3)9-14-22(23)24/h5-16,24-27H,4H2,1-3H3/t24-,25-,26+,27+/m1/s1. The first-order chi connectivity index (χ1) is 16.0. The molecule has 2 amide bonds. The molecule has 3 aromatic carbocycles. The zero-order chi connectivity index (χ0) is 22.9. The Morgan fingerprint density at radius 2 is 1.36 bits per heavy atom. The zero-order valence-electron chi connectivity index (χ0n) is 19.1. The fraction of sp³-hybridized carbons (Fsp3) is 0.310. The van der Waals surface area contributed by atoms with Crippen molar-refractivity contribution in [2.45, 2.75) is 38.5 Å². The van der Waals surface area contributed by atoms with Gasteiger partial charge in [-0.2, -0.15) is 0 Å². The Hall–Kier alpha value is -3.40. The van der Waals surface area contributed by atoms with Crippen LogP contribution in [0.25, 0.3) is 0 Å². The van der Waals surface area contributed by atoms with Crippen molar-refractivity contribution in [3.63, 3.8) is 0 Å². The second-order valence-electron chi connectivity index (χ2n) is 9.62. The van der Waals surface area contributed by atoms with Crippen molar-refractivity contribution in [2.75, 3.05) is 11.5 Å². The molecular formula is C29H27NO3. The maximum Gasteiger partial charge on any atom is 0.238 e. The third-order valence-electron chi connectivity index (χ3n) is 7.64. The van der Waals surface area contributed by atoms with Gasteiger partial charge in [0.2, 0.25) is 11.8 Å². The van der Waals surface area contributed by atoms with Gasteiger partial charge in [0, 0.05) is 11.8 Å². The highest BCUT2D eigenvalue weighted by Gasteiger charge is 2.61. The largest absolute Gasteiger partial charge is 0.494 e. The molecular weight excluding hydrogens is 410 g/mol. The zero-order valence-corrected chi connectivity index (χ0v) is 19.1. The van der Waals surface area contributed by atoms with Gasteiger partial charge in [-0.3, -0.25) is 9.59 Å². The highest BCUT2D eigenvalue weighted by molar-refractivity contribution is 6.23. The van der Waals surface area contributed by atoms with E-state index in [1.165, 1.54) is 32.7 Å². The van der Waals surface area contributed by atoms with Crippen LogP contribution in [0.1, 0.15) is 66.3 Å². The second kappa shape index (κ2) is 7.31. The molecule has 1 fully saturated rings. The maximum atomic E-state index is 13.9. The predicted molar refractivity (Wildman–Crippen MR) is 128 cm³/mol. The van der Waals surface area contributed by atoms with Crippen LogP contribution in [-0.2, 0) is 9.59 Å². The van der Waals surface area contributed by atoms with Crippen LogP contribution < -0.4 is 9.64 Å². The molecule has 4 atom stereocenters. The number of nitrogens with zero attached hydrogens (tertiary/aromatic N) is 1. The van der Waals surface area contributed by atoms with E-state index >= 15 is 0 Å². The Kier molecular flexibility index (Phi) is 4.48. The molecule has 3 aromatic rings. The Labute approximate surface area is 194 Å². The van der Waals surface area contributed by atoms with Crippen LogP contribution >= 0.6 is 0 Å². The number of amides is 2. The molecule has 0 radical (unpaired) electrons. The molecule has 0 spiro atoms. The van der Waals surface area contributed by atoms with Gasteiger partial charge in [0.15, 0.2) is 0 Å². The lowest BCUT2D eigenvalue weighted by Crippen LogP contribution is -2.41. The van der Waals surface area contributed by atoms with Gasteiger partial charge < -0.3 is 4.74 Å². The molecule has 0 unspecified atom stereocenters. The normalized spacial score (nSPS) is 24.7. The number of hydrogen-bond acceptors (Lipinski definition) is 3. The lowest BCUT2D eigenvalue weighted by Gasteiger charge is -2.46. The predicted octanol–water partition coefficient (Wildman–Crippen LogP) is 5.61. The van der Waals surface area contributed by atoms with Gasteiger partial charge in [0.05, 0.1) is 24.1 Å². The van der Waals surface area contributed by atoms with Crippen LogP contribution in [0, 0.1) is 11.8 Å². The molecule has 4 aliphatic rings. The van der Waals surface area contributed by atoms with Crippen LogP contribution in [0.5, 0.6) is 5.75 Å². The summed E-state index contributed by atoms with van der Waals surface area (Å²) < 4.78 is 5.54. The highest BCUT2D eigenvalue weighted by atomic mass is 16.5. The number of imide groups is 1. The fourth-order valence-corrected chi connectivity index (χ4v) is 6.22. The van der Waals surface area contributed by atoms with E-state index in [0.717, 1.165) is 5.75 Å².